The lowest BCUT2D eigenvalue weighted by molar-refractivity contribution is 0.158. The highest BCUT2D eigenvalue weighted by Gasteiger charge is 2.11. The van der Waals surface area contributed by atoms with Crippen LogP contribution in [0.15, 0.2) is 71.8 Å². The molecule has 2 aromatic carbocycles. The molecule has 0 aliphatic heterocycles. The molecule has 3 nitrogen and oxygen atoms in total. The van der Waals surface area contributed by atoms with Crippen molar-refractivity contribution in [1.82, 2.24) is 4.57 Å². The van der Waals surface area contributed by atoms with Crippen LogP contribution in [0.1, 0.15) is 11.7 Å². The summed E-state index contributed by atoms with van der Waals surface area (Å²) in [5.74, 6) is 0. The van der Waals surface area contributed by atoms with Crippen LogP contribution in [0.3, 0.4) is 0 Å². The fourth-order valence-electron chi connectivity index (χ4n) is 2.40. The van der Waals surface area contributed by atoms with Crippen molar-refractivity contribution in [3.05, 3.63) is 82.8 Å². The first kappa shape index (κ1) is 12.6. The van der Waals surface area contributed by atoms with E-state index in [9.17, 15) is 9.90 Å². The molecule has 0 fully saturated rings. The van der Waals surface area contributed by atoms with Gasteiger partial charge in [0.15, 0.2) is 5.43 Å². The van der Waals surface area contributed by atoms with Gasteiger partial charge >= 0.3 is 0 Å². The summed E-state index contributed by atoms with van der Waals surface area (Å²) in [4.78, 5) is 11.1. The first-order chi connectivity index (χ1) is 9.74. The van der Waals surface area contributed by atoms with Gasteiger partial charge in [-0.2, -0.15) is 0 Å². The summed E-state index contributed by atoms with van der Waals surface area (Å²) in [6, 6.07) is 16.9. The summed E-state index contributed by atoms with van der Waals surface area (Å²) in [6.45, 7) is 0.425. The van der Waals surface area contributed by atoms with E-state index in [1.165, 1.54) is 12.1 Å². The zero-order valence-corrected chi connectivity index (χ0v) is 10.9. The smallest absolute Gasteiger partial charge is 0.181 e. The molecule has 1 unspecified atom stereocenters. The van der Waals surface area contributed by atoms with E-state index in [-0.39, 0.29) is 5.43 Å². The Hall–Kier alpha value is -2.39. The summed E-state index contributed by atoms with van der Waals surface area (Å²) in [6.07, 6.45) is 2.77. The van der Waals surface area contributed by atoms with E-state index in [1.54, 1.807) is 12.4 Å². The highest BCUT2D eigenvalue weighted by Crippen LogP contribution is 2.25. The second-order valence-electron chi connectivity index (χ2n) is 4.81. The Bertz CT molecular complexity index is 766. The third-order valence-corrected chi connectivity index (χ3v) is 3.43. The summed E-state index contributed by atoms with van der Waals surface area (Å²) >= 11 is 0. The number of aromatic nitrogens is 1. The quantitative estimate of drug-likeness (QED) is 0.791. The van der Waals surface area contributed by atoms with Gasteiger partial charge in [-0.15, -0.1) is 0 Å². The highest BCUT2D eigenvalue weighted by molar-refractivity contribution is 5.85. The third-order valence-electron chi connectivity index (χ3n) is 3.43. The molecule has 0 saturated heterocycles. The van der Waals surface area contributed by atoms with E-state index < -0.39 is 6.10 Å². The Morgan fingerprint density at radius 3 is 2.45 bits per heavy atom. The molecule has 0 spiro atoms. The van der Waals surface area contributed by atoms with Crippen molar-refractivity contribution in [2.24, 2.45) is 0 Å². The van der Waals surface area contributed by atoms with E-state index in [2.05, 4.69) is 0 Å². The van der Waals surface area contributed by atoms with Crippen LogP contribution in [0.2, 0.25) is 0 Å². The van der Waals surface area contributed by atoms with Crippen LogP contribution in [0.25, 0.3) is 10.8 Å². The molecule has 0 bridgehead atoms. The Labute approximate surface area is 116 Å². The maximum absolute atomic E-state index is 11.1. The number of benzene rings is 2. The summed E-state index contributed by atoms with van der Waals surface area (Å²) < 4.78 is 1.81. The molecule has 20 heavy (non-hydrogen) atoms. The fourth-order valence-corrected chi connectivity index (χ4v) is 2.40. The monoisotopic (exact) mass is 265 g/mol. The zero-order valence-electron chi connectivity index (χ0n) is 10.9. The second kappa shape index (κ2) is 5.31. The Morgan fingerprint density at radius 1 is 0.950 bits per heavy atom. The molecular formula is C17H15NO2. The predicted octanol–water partition coefficient (Wildman–Crippen LogP) is 2.74. The van der Waals surface area contributed by atoms with Crippen LogP contribution in [0.4, 0.5) is 0 Å². The number of hydrogen-bond acceptors (Lipinski definition) is 2. The molecule has 3 heteroatoms. The van der Waals surface area contributed by atoms with E-state index in [4.69, 9.17) is 0 Å². The molecule has 1 N–H and O–H groups in total. The molecule has 1 aromatic heterocycles. The van der Waals surface area contributed by atoms with Gasteiger partial charge in [0.1, 0.15) is 0 Å². The van der Waals surface area contributed by atoms with Crippen LogP contribution in [-0.4, -0.2) is 9.67 Å². The summed E-state index contributed by atoms with van der Waals surface area (Å²) in [5.41, 5.74) is 0.878. The van der Waals surface area contributed by atoms with Gasteiger partial charge in [0.25, 0.3) is 0 Å². The number of aliphatic hydroxyl groups is 1. The van der Waals surface area contributed by atoms with Crippen molar-refractivity contribution in [1.29, 1.82) is 0 Å². The third kappa shape index (κ3) is 2.49. The molecule has 100 valence electrons. The van der Waals surface area contributed by atoms with Gasteiger partial charge in [0.05, 0.1) is 12.6 Å². The van der Waals surface area contributed by atoms with Gasteiger partial charge in [-0.05, 0) is 16.3 Å². The van der Waals surface area contributed by atoms with E-state index in [0.29, 0.717) is 6.54 Å². The number of pyridine rings is 1. The Kier molecular flexibility index (Phi) is 3.35. The minimum Gasteiger partial charge on any atom is -0.387 e. The van der Waals surface area contributed by atoms with Crippen LogP contribution >= 0.6 is 0 Å². The lowest BCUT2D eigenvalue weighted by atomic mass is 10.0. The van der Waals surface area contributed by atoms with E-state index >= 15 is 0 Å². The molecule has 0 amide bonds. The predicted molar refractivity (Wildman–Crippen MR) is 79.6 cm³/mol. The molecule has 3 aromatic rings. The number of nitrogens with zero attached hydrogens (tertiary/aromatic N) is 1. The molecule has 1 heterocycles. The van der Waals surface area contributed by atoms with Crippen molar-refractivity contribution >= 4 is 10.8 Å². The number of fused-ring (bicyclic) bond motifs is 1. The van der Waals surface area contributed by atoms with Crippen molar-refractivity contribution < 1.29 is 5.11 Å². The first-order valence-corrected chi connectivity index (χ1v) is 6.56. The maximum Gasteiger partial charge on any atom is 0.181 e. The van der Waals surface area contributed by atoms with Gasteiger partial charge in [-0.3, -0.25) is 4.79 Å². The van der Waals surface area contributed by atoms with Crippen LogP contribution in [-0.2, 0) is 6.54 Å². The standard InChI is InChI=1S/C17H15NO2/c19-14-8-10-18(11-9-14)12-17(20)16-7-3-5-13-4-1-2-6-15(13)16/h1-11,17,20H,12H2. The minimum atomic E-state index is -0.608. The van der Waals surface area contributed by atoms with E-state index in [0.717, 1.165) is 16.3 Å². The average molecular weight is 265 g/mol. The van der Waals surface area contributed by atoms with Gasteiger partial charge in [-0.1, -0.05) is 42.5 Å². The molecule has 3 rings (SSSR count). The van der Waals surface area contributed by atoms with E-state index in [1.807, 2.05) is 47.0 Å². The van der Waals surface area contributed by atoms with Gasteiger partial charge in [-0.25, -0.2) is 0 Å². The van der Waals surface area contributed by atoms with Crippen molar-refractivity contribution in [3.8, 4) is 0 Å². The van der Waals surface area contributed by atoms with Crippen molar-refractivity contribution in [2.75, 3.05) is 0 Å². The van der Waals surface area contributed by atoms with Crippen molar-refractivity contribution in [3.63, 3.8) is 0 Å². The highest BCUT2D eigenvalue weighted by atomic mass is 16.3. The van der Waals surface area contributed by atoms with Gasteiger partial charge in [0.2, 0.25) is 0 Å². The Balaban J connectivity index is 1.94. The molecule has 0 aliphatic rings. The number of aliphatic hydroxyl groups excluding tert-OH is 1. The minimum absolute atomic E-state index is 0.0269. The maximum atomic E-state index is 11.1. The largest absolute Gasteiger partial charge is 0.387 e. The fraction of sp³-hybridized carbons (Fsp3) is 0.118. The molecule has 0 saturated carbocycles. The van der Waals surface area contributed by atoms with Crippen LogP contribution in [0.5, 0.6) is 0 Å². The zero-order chi connectivity index (χ0) is 13.9. The lowest BCUT2D eigenvalue weighted by Gasteiger charge is -2.15. The average Bonchev–Trinajstić information content (AvgIpc) is 2.49. The van der Waals surface area contributed by atoms with Crippen LogP contribution in [0, 0.1) is 0 Å². The lowest BCUT2D eigenvalue weighted by Crippen LogP contribution is -2.11. The van der Waals surface area contributed by atoms with Gasteiger partial charge < -0.3 is 9.67 Å². The molecule has 0 aliphatic carbocycles. The topological polar surface area (TPSA) is 42.2 Å². The SMILES string of the molecule is O=c1ccn(CC(O)c2cccc3ccccc23)cc1. The number of rotatable bonds is 3. The normalized spacial score (nSPS) is 12.4. The molecule has 0 radical (unpaired) electrons. The molecule has 1 atom stereocenters. The summed E-state index contributed by atoms with van der Waals surface area (Å²) in [7, 11) is 0. The second-order valence-corrected chi connectivity index (χ2v) is 4.81. The summed E-state index contributed by atoms with van der Waals surface area (Å²) in [5, 5.41) is 12.6. The molecular weight excluding hydrogens is 250 g/mol. The number of hydrogen-bond donors (Lipinski definition) is 1. The Morgan fingerprint density at radius 2 is 1.65 bits per heavy atom. The first-order valence-electron chi connectivity index (χ1n) is 6.56. The van der Waals surface area contributed by atoms with Gasteiger partial charge in [0, 0.05) is 24.5 Å². The van der Waals surface area contributed by atoms with Crippen molar-refractivity contribution in [2.45, 2.75) is 12.6 Å². The van der Waals surface area contributed by atoms with Crippen LogP contribution < -0.4 is 5.43 Å².